The predicted octanol–water partition coefficient (Wildman–Crippen LogP) is -1.37. The average Bonchev–Trinajstić information content (AvgIpc) is 3.81. The smallest absolute Gasteiger partial charge is 0.305 e. The normalized spacial score (nSPS) is 24.7. The molecule has 22 heteroatoms. The molecule has 6 atom stereocenters. The van der Waals surface area contributed by atoms with E-state index < -0.39 is 90.7 Å². The number of rotatable bonds is 11. The molecule has 6 unspecified atom stereocenters. The van der Waals surface area contributed by atoms with Crippen LogP contribution in [0, 0.1) is 0 Å². The maximum Gasteiger partial charge on any atom is 0.305 e. The molecule has 11 N–H and O–H groups in total. The molecule has 3 heterocycles. The van der Waals surface area contributed by atoms with E-state index in [9.17, 15) is 43.5 Å². The molecule has 0 aliphatic carbocycles. The van der Waals surface area contributed by atoms with Gasteiger partial charge in [-0.3, -0.25) is 38.6 Å². The van der Waals surface area contributed by atoms with Crippen molar-refractivity contribution in [2.75, 3.05) is 31.1 Å². The lowest BCUT2D eigenvalue weighted by Crippen LogP contribution is -2.57. The fraction of sp³-hybridized carbons (Fsp3) is 0.528. The fourth-order valence-corrected chi connectivity index (χ4v) is 8.45. The average molecular weight is 847 g/mol. The number of carboxylic acid groups (broad SMARTS) is 1. The van der Waals surface area contributed by atoms with Crippen LogP contribution in [0.5, 0.6) is 0 Å². The third-order valence-corrected chi connectivity index (χ3v) is 11.7. The number of aldehydes is 1. The number of nitrogens with two attached hydrogens (primary N) is 2. The fourth-order valence-electron chi connectivity index (χ4n) is 6.33. The first-order valence-electron chi connectivity index (χ1n) is 18.7. The molecule has 58 heavy (non-hydrogen) atoms. The Labute approximate surface area is 341 Å². The molecule has 0 saturated carbocycles. The Bertz CT molecular complexity index is 1840. The number of para-hydroxylation sites is 1. The molecule has 2 saturated heterocycles. The number of guanidine groups is 1. The van der Waals surface area contributed by atoms with Crippen LogP contribution in [0.15, 0.2) is 35.5 Å². The van der Waals surface area contributed by atoms with Crippen molar-refractivity contribution >= 4 is 86.1 Å². The standard InChI is InChI=1S/C36H50N10O10S2/c1-20-35(55)46-16-23(56-18-21-14-40-25-7-3-2-6-24(21)25)12-28(46)34(54)43-22(17-47)19-58-57-11-9-29(48)44-26(8-4-5-10-39-36(37)38)32(52)41-15-30(49)45-27(13-31(50)51)33(53)42-20/h2-3,6-7,14,17,20,22-23,26-28,40H,4-5,8-13,15-16,18-19H2,1H3,(H,41,52)(H,42,53)(H,43,54)(H,44,48)(H,45,49)(H,50,51)(H4,37,38,39). The molecule has 6 amide bonds. The van der Waals surface area contributed by atoms with Crippen molar-refractivity contribution in [3.05, 3.63) is 36.0 Å². The zero-order valence-electron chi connectivity index (χ0n) is 31.9. The number of unbranched alkanes of at least 4 members (excludes halogenated alkanes) is 1. The summed E-state index contributed by atoms with van der Waals surface area (Å²) in [6, 6.07) is 1.59. The SMILES string of the molecule is CC1NC(=O)C(CC(=O)O)NC(=O)CNC(=O)C(CCCCN=C(N)N)NC(=O)CCSSCC(C=O)NC(=O)C2CC(OCc3c[nH]c4ccccc34)CN2C1=O. The van der Waals surface area contributed by atoms with Gasteiger partial charge in [-0.2, -0.15) is 0 Å². The topological polar surface area (TPSA) is 310 Å². The number of carboxylic acids is 1. The second-order valence-electron chi connectivity index (χ2n) is 13.7. The van der Waals surface area contributed by atoms with Gasteiger partial charge in [0.1, 0.15) is 30.5 Å². The van der Waals surface area contributed by atoms with Crippen molar-refractivity contribution in [2.24, 2.45) is 16.5 Å². The van der Waals surface area contributed by atoms with Gasteiger partial charge < -0.3 is 62.6 Å². The number of hydrogen-bond acceptors (Lipinski definition) is 12. The zero-order chi connectivity index (χ0) is 42.2. The molecule has 4 rings (SSSR count). The van der Waals surface area contributed by atoms with Crippen molar-refractivity contribution in [3.63, 3.8) is 0 Å². The van der Waals surface area contributed by atoms with Gasteiger partial charge in [0.05, 0.1) is 31.7 Å². The van der Waals surface area contributed by atoms with E-state index in [2.05, 4.69) is 36.6 Å². The number of nitrogens with zero attached hydrogens (tertiary/aromatic N) is 2. The molecule has 20 nitrogen and oxygen atoms in total. The minimum Gasteiger partial charge on any atom is -0.481 e. The molecule has 1 aromatic heterocycles. The molecule has 2 fully saturated rings. The van der Waals surface area contributed by atoms with E-state index in [0.717, 1.165) is 16.5 Å². The third-order valence-electron chi connectivity index (χ3n) is 9.26. The molecule has 2 aliphatic rings. The van der Waals surface area contributed by atoms with Crippen LogP contribution in [-0.4, -0.2) is 136 Å². The van der Waals surface area contributed by atoms with Crippen molar-refractivity contribution in [3.8, 4) is 0 Å². The number of carbonyl (C=O) groups excluding carboxylic acids is 7. The van der Waals surface area contributed by atoms with Crippen LogP contribution in [0.4, 0.5) is 0 Å². The molecule has 1 aromatic carbocycles. The number of amides is 6. The molecular weight excluding hydrogens is 797 g/mol. The van der Waals surface area contributed by atoms with Gasteiger partial charge in [0.15, 0.2) is 5.96 Å². The lowest BCUT2D eigenvalue weighted by atomic mass is 10.1. The summed E-state index contributed by atoms with van der Waals surface area (Å²) < 4.78 is 6.19. The van der Waals surface area contributed by atoms with Crippen molar-refractivity contribution in [1.29, 1.82) is 0 Å². The van der Waals surface area contributed by atoms with Gasteiger partial charge in [0.2, 0.25) is 35.4 Å². The number of hydrogen-bond donors (Lipinski definition) is 9. The summed E-state index contributed by atoms with van der Waals surface area (Å²) in [7, 11) is 2.52. The number of benzene rings is 1. The van der Waals surface area contributed by atoms with Gasteiger partial charge in [-0.25, -0.2) is 0 Å². The quantitative estimate of drug-likeness (QED) is 0.0415. The third kappa shape index (κ3) is 13.9. The molecule has 2 aromatic rings. The largest absolute Gasteiger partial charge is 0.481 e. The number of aromatic amines is 1. The van der Waals surface area contributed by atoms with Gasteiger partial charge >= 0.3 is 5.97 Å². The van der Waals surface area contributed by atoms with Crippen LogP contribution in [0.1, 0.15) is 51.0 Å². The first kappa shape index (κ1) is 45.4. The van der Waals surface area contributed by atoms with Crippen LogP contribution in [0.3, 0.4) is 0 Å². The van der Waals surface area contributed by atoms with Crippen LogP contribution in [-0.2, 0) is 49.7 Å². The summed E-state index contributed by atoms with van der Waals surface area (Å²) in [5, 5.41) is 23.0. The highest BCUT2D eigenvalue weighted by molar-refractivity contribution is 8.76. The highest BCUT2D eigenvalue weighted by atomic mass is 33.1. The second kappa shape index (κ2) is 22.6. The molecule has 0 spiro atoms. The number of nitrogens with one attached hydrogen (secondary N) is 6. The number of carbonyl (C=O) groups is 8. The van der Waals surface area contributed by atoms with E-state index in [1.165, 1.54) is 33.4 Å². The molecule has 316 valence electrons. The number of ether oxygens (including phenoxy) is 1. The van der Waals surface area contributed by atoms with Gasteiger partial charge in [0.25, 0.3) is 0 Å². The van der Waals surface area contributed by atoms with E-state index in [1.54, 1.807) is 0 Å². The van der Waals surface area contributed by atoms with Crippen LogP contribution >= 0.6 is 21.6 Å². The number of fused-ring (bicyclic) bond motifs is 2. The summed E-state index contributed by atoms with van der Waals surface area (Å²) in [4.78, 5) is 112. The highest BCUT2D eigenvalue weighted by Gasteiger charge is 2.42. The summed E-state index contributed by atoms with van der Waals surface area (Å²) >= 11 is 0. The zero-order valence-corrected chi connectivity index (χ0v) is 33.5. The first-order chi connectivity index (χ1) is 27.7. The summed E-state index contributed by atoms with van der Waals surface area (Å²) in [6.07, 6.45) is 2.08. The number of aromatic nitrogens is 1. The Balaban J connectivity index is 1.51. The van der Waals surface area contributed by atoms with Crippen molar-refractivity contribution in [1.82, 2.24) is 36.5 Å². The summed E-state index contributed by atoms with van der Waals surface area (Å²) in [5.74, 6) is -5.47. The van der Waals surface area contributed by atoms with E-state index in [1.807, 2.05) is 30.5 Å². The van der Waals surface area contributed by atoms with Crippen molar-refractivity contribution in [2.45, 2.75) is 88.4 Å². The minimum atomic E-state index is -1.65. The number of H-pyrrole nitrogens is 1. The van der Waals surface area contributed by atoms with E-state index in [-0.39, 0.29) is 44.1 Å². The lowest BCUT2D eigenvalue weighted by molar-refractivity contribution is -0.143. The number of aliphatic carboxylic acids is 1. The Morgan fingerprint density at radius 3 is 2.48 bits per heavy atom. The van der Waals surface area contributed by atoms with Crippen molar-refractivity contribution < 1.29 is 48.2 Å². The van der Waals surface area contributed by atoms with E-state index >= 15 is 0 Å². The molecule has 0 bridgehead atoms. The van der Waals surface area contributed by atoms with Gasteiger partial charge in [0, 0.05) is 60.1 Å². The van der Waals surface area contributed by atoms with Crippen LogP contribution < -0.4 is 38.1 Å². The van der Waals surface area contributed by atoms with Gasteiger partial charge in [-0.15, -0.1) is 0 Å². The first-order valence-corrected chi connectivity index (χ1v) is 21.2. The summed E-state index contributed by atoms with van der Waals surface area (Å²) in [6.45, 7) is 1.11. The van der Waals surface area contributed by atoms with Crippen LogP contribution in [0.2, 0.25) is 0 Å². The minimum absolute atomic E-state index is 0.00268. The Morgan fingerprint density at radius 2 is 1.74 bits per heavy atom. The lowest BCUT2D eigenvalue weighted by Gasteiger charge is -2.28. The molecule has 2 aliphatic heterocycles. The van der Waals surface area contributed by atoms with Gasteiger partial charge in [-0.05, 0) is 32.3 Å². The monoisotopic (exact) mass is 846 g/mol. The van der Waals surface area contributed by atoms with Crippen LogP contribution in [0.25, 0.3) is 10.9 Å². The number of aliphatic imine (C=N–C) groups is 1. The van der Waals surface area contributed by atoms with E-state index in [4.69, 9.17) is 16.2 Å². The Hall–Kier alpha value is -5.35. The Kier molecular flexibility index (Phi) is 17.6. The predicted molar refractivity (Wildman–Crippen MR) is 216 cm³/mol. The second-order valence-corrected chi connectivity index (χ2v) is 16.4. The maximum absolute atomic E-state index is 13.9. The Morgan fingerprint density at radius 1 is 0.983 bits per heavy atom. The molecule has 0 radical (unpaired) electrons. The van der Waals surface area contributed by atoms with Gasteiger partial charge in [-0.1, -0.05) is 39.8 Å². The summed E-state index contributed by atoms with van der Waals surface area (Å²) in [5.41, 5.74) is 12.5. The van der Waals surface area contributed by atoms with E-state index in [0.29, 0.717) is 31.4 Å². The molecular formula is C36H50N10O10S2. The maximum atomic E-state index is 13.9. The highest BCUT2D eigenvalue weighted by Crippen LogP contribution is 2.26.